The van der Waals surface area contributed by atoms with Gasteiger partial charge in [0.05, 0.1) is 17.7 Å². The zero-order chi connectivity index (χ0) is 10.8. The molecule has 0 atom stereocenters. The number of ether oxygens (including phenoxy) is 1. The number of anilines is 1. The Bertz CT molecular complexity index is 502. The first-order chi connectivity index (χ1) is 7.24. The Morgan fingerprint density at radius 1 is 1.53 bits per heavy atom. The number of nitrogen functional groups attached to an aromatic ring is 1. The van der Waals surface area contributed by atoms with Crippen LogP contribution in [0.5, 0.6) is 0 Å². The lowest BCUT2D eigenvalue weighted by Crippen LogP contribution is -2.03. The Kier molecular flexibility index (Phi) is 2.33. The van der Waals surface area contributed by atoms with Crippen LogP contribution in [-0.4, -0.2) is 17.0 Å². The van der Waals surface area contributed by atoms with Crippen LogP contribution in [0.1, 0.15) is 17.3 Å². The molecule has 0 saturated heterocycles. The van der Waals surface area contributed by atoms with Gasteiger partial charge < -0.3 is 14.9 Å². The van der Waals surface area contributed by atoms with Crippen LogP contribution < -0.4 is 5.73 Å². The van der Waals surface area contributed by atoms with E-state index in [4.69, 9.17) is 10.5 Å². The Morgan fingerprint density at radius 3 is 3.07 bits per heavy atom. The van der Waals surface area contributed by atoms with Crippen LogP contribution in [0.25, 0.3) is 5.52 Å². The zero-order valence-corrected chi connectivity index (χ0v) is 8.43. The van der Waals surface area contributed by atoms with Crippen molar-refractivity contribution in [3.8, 4) is 0 Å². The number of hydrogen-bond donors (Lipinski definition) is 1. The van der Waals surface area contributed by atoms with Gasteiger partial charge in [-0.2, -0.15) is 0 Å². The maximum atomic E-state index is 11.6. The van der Waals surface area contributed by atoms with E-state index < -0.39 is 0 Å². The maximum absolute atomic E-state index is 11.6. The van der Waals surface area contributed by atoms with Crippen LogP contribution in [0, 0.1) is 0 Å². The minimum Gasteiger partial charge on any atom is -0.462 e. The Labute approximate surface area is 87.3 Å². The summed E-state index contributed by atoms with van der Waals surface area (Å²) in [7, 11) is 0. The number of rotatable bonds is 2. The second-order valence-corrected chi connectivity index (χ2v) is 3.16. The fourth-order valence-electron chi connectivity index (χ4n) is 1.55. The summed E-state index contributed by atoms with van der Waals surface area (Å²) < 4.78 is 6.70. The first kappa shape index (κ1) is 9.58. The van der Waals surface area contributed by atoms with Crippen LogP contribution >= 0.6 is 0 Å². The van der Waals surface area contributed by atoms with Gasteiger partial charge in [-0.05, 0) is 25.1 Å². The molecule has 0 bridgehead atoms. The molecule has 0 aromatic carbocycles. The van der Waals surface area contributed by atoms with Crippen molar-refractivity contribution < 1.29 is 9.53 Å². The second-order valence-electron chi connectivity index (χ2n) is 3.16. The van der Waals surface area contributed by atoms with Crippen molar-refractivity contribution in [1.82, 2.24) is 4.40 Å². The first-order valence-corrected chi connectivity index (χ1v) is 4.76. The van der Waals surface area contributed by atoms with Gasteiger partial charge >= 0.3 is 5.97 Å². The highest BCUT2D eigenvalue weighted by Crippen LogP contribution is 2.19. The summed E-state index contributed by atoms with van der Waals surface area (Å²) in [6.07, 6.45) is 1.81. The van der Waals surface area contributed by atoms with E-state index in [2.05, 4.69) is 0 Å². The summed E-state index contributed by atoms with van der Waals surface area (Å²) in [6.45, 7) is 2.14. The molecule has 0 radical (unpaired) electrons. The van der Waals surface area contributed by atoms with Gasteiger partial charge in [0.15, 0.2) is 0 Å². The lowest BCUT2D eigenvalue weighted by Gasteiger charge is -1.99. The molecule has 2 rings (SSSR count). The molecule has 0 unspecified atom stereocenters. The minimum atomic E-state index is -0.335. The number of carbonyl (C=O) groups excluding carboxylic acids is 1. The van der Waals surface area contributed by atoms with Gasteiger partial charge in [0.1, 0.15) is 5.82 Å². The average Bonchev–Trinajstić information content (AvgIpc) is 2.58. The van der Waals surface area contributed by atoms with Gasteiger partial charge in [0.2, 0.25) is 0 Å². The molecular weight excluding hydrogens is 192 g/mol. The van der Waals surface area contributed by atoms with Gasteiger partial charge in [0, 0.05) is 6.20 Å². The van der Waals surface area contributed by atoms with Crippen LogP contribution in [-0.2, 0) is 4.74 Å². The molecule has 0 aliphatic rings. The van der Waals surface area contributed by atoms with Crippen LogP contribution in [0.3, 0.4) is 0 Å². The van der Waals surface area contributed by atoms with E-state index in [1.165, 1.54) is 0 Å². The fraction of sp³-hybridized carbons (Fsp3) is 0.182. The molecule has 0 saturated carbocycles. The van der Waals surface area contributed by atoms with Gasteiger partial charge in [0.25, 0.3) is 0 Å². The van der Waals surface area contributed by atoms with Crippen molar-refractivity contribution in [3.63, 3.8) is 0 Å². The molecule has 0 amide bonds. The standard InChI is InChI=1S/C11H12N2O2/c1-2-15-11(14)8-7-10(12)13-6-4-3-5-9(8)13/h3-7H,2,12H2,1H3. The molecule has 0 aliphatic carbocycles. The summed E-state index contributed by atoms with van der Waals surface area (Å²) in [5, 5.41) is 0. The van der Waals surface area contributed by atoms with E-state index >= 15 is 0 Å². The molecule has 0 spiro atoms. The lowest BCUT2D eigenvalue weighted by molar-refractivity contribution is 0.0529. The normalized spacial score (nSPS) is 10.5. The molecule has 0 aliphatic heterocycles. The Morgan fingerprint density at radius 2 is 2.33 bits per heavy atom. The number of carbonyl (C=O) groups is 1. The molecule has 2 aromatic rings. The van der Waals surface area contributed by atoms with Gasteiger partial charge in [-0.25, -0.2) is 4.79 Å². The third kappa shape index (κ3) is 1.54. The van der Waals surface area contributed by atoms with E-state index in [0.717, 1.165) is 5.52 Å². The Balaban J connectivity index is 2.57. The third-order valence-electron chi connectivity index (χ3n) is 2.20. The average molecular weight is 204 g/mol. The predicted octanol–water partition coefficient (Wildman–Crippen LogP) is 1.70. The number of pyridine rings is 1. The second kappa shape index (κ2) is 3.65. The van der Waals surface area contributed by atoms with Crippen molar-refractivity contribution >= 4 is 17.3 Å². The van der Waals surface area contributed by atoms with Crippen molar-refractivity contribution in [2.24, 2.45) is 0 Å². The molecule has 15 heavy (non-hydrogen) atoms. The highest BCUT2D eigenvalue weighted by Gasteiger charge is 2.14. The third-order valence-corrected chi connectivity index (χ3v) is 2.20. The number of nitrogens with two attached hydrogens (primary N) is 1. The summed E-state index contributed by atoms with van der Waals surface area (Å²) in [6, 6.07) is 7.19. The summed E-state index contributed by atoms with van der Waals surface area (Å²) in [5.41, 5.74) is 7.05. The van der Waals surface area contributed by atoms with E-state index in [9.17, 15) is 4.79 Å². The van der Waals surface area contributed by atoms with E-state index in [0.29, 0.717) is 18.0 Å². The molecule has 78 valence electrons. The van der Waals surface area contributed by atoms with Crippen LogP contribution in [0.4, 0.5) is 5.82 Å². The number of hydrogen-bond acceptors (Lipinski definition) is 3. The van der Waals surface area contributed by atoms with Crippen molar-refractivity contribution in [3.05, 3.63) is 36.0 Å². The molecule has 4 heteroatoms. The predicted molar refractivity (Wildman–Crippen MR) is 57.8 cm³/mol. The fourth-order valence-corrected chi connectivity index (χ4v) is 1.55. The zero-order valence-electron chi connectivity index (χ0n) is 8.43. The summed E-state index contributed by atoms with van der Waals surface area (Å²) in [5.74, 6) is 0.201. The molecule has 2 heterocycles. The first-order valence-electron chi connectivity index (χ1n) is 4.76. The van der Waals surface area contributed by atoms with Gasteiger partial charge in [-0.3, -0.25) is 0 Å². The van der Waals surface area contributed by atoms with Crippen molar-refractivity contribution in [2.45, 2.75) is 6.92 Å². The summed E-state index contributed by atoms with van der Waals surface area (Å²) >= 11 is 0. The highest BCUT2D eigenvalue weighted by atomic mass is 16.5. The van der Waals surface area contributed by atoms with E-state index in [-0.39, 0.29) is 5.97 Å². The smallest absolute Gasteiger partial charge is 0.340 e. The number of fused-ring (bicyclic) bond motifs is 1. The van der Waals surface area contributed by atoms with Crippen molar-refractivity contribution in [2.75, 3.05) is 12.3 Å². The van der Waals surface area contributed by atoms with Gasteiger partial charge in [-0.15, -0.1) is 0 Å². The Hall–Kier alpha value is -1.97. The monoisotopic (exact) mass is 204 g/mol. The van der Waals surface area contributed by atoms with E-state index in [1.807, 2.05) is 24.4 Å². The van der Waals surface area contributed by atoms with E-state index in [1.54, 1.807) is 17.4 Å². The van der Waals surface area contributed by atoms with Gasteiger partial charge in [-0.1, -0.05) is 6.07 Å². The largest absolute Gasteiger partial charge is 0.462 e. The molecule has 2 N–H and O–H groups in total. The van der Waals surface area contributed by atoms with Crippen LogP contribution in [0.2, 0.25) is 0 Å². The highest BCUT2D eigenvalue weighted by molar-refractivity contribution is 5.98. The minimum absolute atomic E-state index is 0.335. The van der Waals surface area contributed by atoms with Crippen LogP contribution in [0.15, 0.2) is 30.5 Å². The molecule has 2 aromatic heterocycles. The molecule has 4 nitrogen and oxygen atoms in total. The summed E-state index contributed by atoms with van der Waals surface area (Å²) in [4.78, 5) is 11.6. The van der Waals surface area contributed by atoms with Crippen molar-refractivity contribution in [1.29, 1.82) is 0 Å². The number of esters is 1. The number of aromatic nitrogens is 1. The number of nitrogens with zero attached hydrogens (tertiary/aromatic N) is 1. The quantitative estimate of drug-likeness (QED) is 0.757. The molecule has 0 fully saturated rings. The molecular formula is C11H12N2O2. The maximum Gasteiger partial charge on any atom is 0.340 e. The topological polar surface area (TPSA) is 56.7 Å². The SMILES string of the molecule is CCOC(=O)c1cc(N)n2ccccc12. The lowest BCUT2D eigenvalue weighted by atomic mass is 10.2.